The predicted octanol–water partition coefficient (Wildman–Crippen LogP) is 5.67. The van der Waals surface area contributed by atoms with Gasteiger partial charge in [0.1, 0.15) is 0 Å². The molecule has 84 valence electrons. The molecule has 13 heavy (non-hydrogen) atoms. The lowest BCUT2D eigenvalue weighted by molar-refractivity contribution is 0.612. The van der Waals surface area contributed by atoms with Gasteiger partial charge in [-0.15, -0.1) is 0 Å². The molecule has 0 N–H and O–H groups in total. The van der Waals surface area contributed by atoms with Crippen molar-refractivity contribution in [3.05, 3.63) is 0 Å². The lowest BCUT2D eigenvalue weighted by atomic mass is 10.2. The molecular formula is C13H32. The van der Waals surface area contributed by atoms with E-state index in [2.05, 4.69) is 20.8 Å². The standard InChI is InChI=1S/C6H12.C3H8.2C2H6/c1-6-4-2-3-5-6;1-3-2;2*1-2/h6H,2-5H2,1H3;3H2,1-2H3;2*1-2H3. The van der Waals surface area contributed by atoms with E-state index in [1.165, 1.54) is 32.1 Å². The Labute approximate surface area is 87.1 Å². The zero-order valence-electron chi connectivity index (χ0n) is 11.1. The quantitative estimate of drug-likeness (QED) is 0.460. The Bertz CT molecular complexity index is 42.0. The van der Waals surface area contributed by atoms with Crippen LogP contribution in [0.15, 0.2) is 0 Å². The third-order valence-corrected chi connectivity index (χ3v) is 1.64. The highest BCUT2D eigenvalue weighted by Crippen LogP contribution is 2.22. The number of hydrogen-bond donors (Lipinski definition) is 0. The van der Waals surface area contributed by atoms with Gasteiger partial charge in [0.15, 0.2) is 0 Å². The minimum absolute atomic E-state index is 1.05. The molecule has 0 aromatic rings. The van der Waals surface area contributed by atoms with Crippen LogP contribution in [0.4, 0.5) is 0 Å². The van der Waals surface area contributed by atoms with Crippen molar-refractivity contribution >= 4 is 0 Å². The number of hydrogen-bond acceptors (Lipinski definition) is 0. The second-order valence-electron chi connectivity index (χ2n) is 3.10. The van der Waals surface area contributed by atoms with Crippen molar-refractivity contribution in [2.45, 2.75) is 80.6 Å². The third-order valence-electron chi connectivity index (χ3n) is 1.64. The lowest BCUT2D eigenvalue weighted by Gasteiger charge is -1.91. The molecule has 1 rings (SSSR count). The first-order chi connectivity index (χ1) is 6.31. The summed E-state index contributed by atoms with van der Waals surface area (Å²) in [6, 6.07) is 0. The molecule has 0 radical (unpaired) electrons. The fourth-order valence-corrected chi connectivity index (χ4v) is 1.13. The van der Waals surface area contributed by atoms with Crippen LogP contribution in [0.5, 0.6) is 0 Å². The Morgan fingerprint density at radius 3 is 1.15 bits per heavy atom. The zero-order valence-corrected chi connectivity index (χ0v) is 11.1. The van der Waals surface area contributed by atoms with Gasteiger partial charge in [-0.3, -0.25) is 0 Å². The van der Waals surface area contributed by atoms with Crippen LogP contribution in [-0.4, -0.2) is 0 Å². The molecule has 0 aromatic carbocycles. The summed E-state index contributed by atoms with van der Waals surface area (Å²) >= 11 is 0. The molecule has 0 amide bonds. The first-order valence-corrected chi connectivity index (χ1v) is 6.31. The van der Waals surface area contributed by atoms with E-state index in [0.717, 1.165) is 5.92 Å². The minimum Gasteiger partial charge on any atom is -0.0683 e. The molecule has 0 bridgehead atoms. The van der Waals surface area contributed by atoms with E-state index in [4.69, 9.17) is 0 Å². The Hall–Kier alpha value is 0. The maximum atomic E-state index is 2.34. The average Bonchev–Trinajstić information content (AvgIpc) is 2.64. The first kappa shape index (κ1) is 18.7. The summed E-state index contributed by atoms with van der Waals surface area (Å²) in [6.45, 7) is 14.6. The molecular weight excluding hydrogens is 156 g/mol. The predicted molar refractivity (Wildman–Crippen MR) is 66.3 cm³/mol. The van der Waals surface area contributed by atoms with E-state index < -0.39 is 0 Å². The number of rotatable bonds is 0. The monoisotopic (exact) mass is 188 g/mol. The highest BCUT2D eigenvalue weighted by molar-refractivity contribution is 4.60. The Balaban J connectivity index is -0.000000124. The average molecular weight is 188 g/mol. The van der Waals surface area contributed by atoms with Gasteiger partial charge in [-0.2, -0.15) is 0 Å². The van der Waals surface area contributed by atoms with Gasteiger partial charge in [0.05, 0.1) is 0 Å². The van der Waals surface area contributed by atoms with Crippen LogP contribution in [0.3, 0.4) is 0 Å². The zero-order chi connectivity index (χ0) is 11.1. The summed E-state index contributed by atoms with van der Waals surface area (Å²) in [4.78, 5) is 0. The molecule has 0 aliphatic heterocycles. The molecule has 1 aliphatic carbocycles. The van der Waals surface area contributed by atoms with Crippen molar-refractivity contribution in [1.82, 2.24) is 0 Å². The van der Waals surface area contributed by atoms with Gasteiger partial charge in [0, 0.05) is 0 Å². The van der Waals surface area contributed by atoms with Gasteiger partial charge in [0.2, 0.25) is 0 Å². The molecule has 0 spiro atoms. The van der Waals surface area contributed by atoms with E-state index in [9.17, 15) is 0 Å². The van der Waals surface area contributed by atoms with Crippen LogP contribution in [0.25, 0.3) is 0 Å². The topological polar surface area (TPSA) is 0 Å². The van der Waals surface area contributed by atoms with Crippen molar-refractivity contribution < 1.29 is 0 Å². The minimum atomic E-state index is 1.05. The smallest absolute Gasteiger partial charge is 0.0443 e. The van der Waals surface area contributed by atoms with E-state index in [0.29, 0.717) is 0 Å². The molecule has 1 aliphatic rings. The summed E-state index contributed by atoms with van der Waals surface area (Å²) in [7, 11) is 0. The van der Waals surface area contributed by atoms with Gasteiger partial charge in [-0.1, -0.05) is 80.6 Å². The van der Waals surface area contributed by atoms with E-state index in [1.807, 2.05) is 27.7 Å². The van der Waals surface area contributed by atoms with Crippen LogP contribution < -0.4 is 0 Å². The van der Waals surface area contributed by atoms with Crippen LogP contribution in [0, 0.1) is 5.92 Å². The van der Waals surface area contributed by atoms with Gasteiger partial charge in [-0.05, 0) is 5.92 Å². The maximum Gasteiger partial charge on any atom is -0.0443 e. The molecule has 0 heteroatoms. The first-order valence-electron chi connectivity index (χ1n) is 6.31. The highest BCUT2D eigenvalue weighted by atomic mass is 14.1. The molecule has 0 heterocycles. The molecule has 1 fully saturated rings. The summed E-state index contributed by atoms with van der Waals surface area (Å²) in [5.74, 6) is 1.05. The van der Waals surface area contributed by atoms with Crippen LogP contribution >= 0.6 is 0 Å². The van der Waals surface area contributed by atoms with Crippen molar-refractivity contribution in [3.63, 3.8) is 0 Å². The molecule has 0 unspecified atom stereocenters. The van der Waals surface area contributed by atoms with Gasteiger partial charge < -0.3 is 0 Å². The Morgan fingerprint density at radius 1 is 0.846 bits per heavy atom. The van der Waals surface area contributed by atoms with Gasteiger partial charge >= 0.3 is 0 Å². The lowest BCUT2D eigenvalue weighted by Crippen LogP contribution is -1.78. The fraction of sp³-hybridized carbons (Fsp3) is 1.00. The molecule has 0 nitrogen and oxygen atoms in total. The summed E-state index contributed by atoms with van der Waals surface area (Å²) in [6.07, 6.45) is 7.20. The Morgan fingerprint density at radius 2 is 1.08 bits per heavy atom. The molecule has 0 saturated heterocycles. The van der Waals surface area contributed by atoms with Crippen molar-refractivity contribution in [2.24, 2.45) is 5.92 Å². The van der Waals surface area contributed by atoms with Gasteiger partial charge in [-0.25, -0.2) is 0 Å². The van der Waals surface area contributed by atoms with Crippen LogP contribution in [0.2, 0.25) is 0 Å². The fourth-order valence-electron chi connectivity index (χ4n) is 1.13. The summed E-state index contributed by atoms with van der Waals surface area (Å²) < 4.78 is 0. The molecule has 0 aromatic heterocycles. The van der Waals surface area contributed by atoms with Gasteiger partial charge in [0.25, 0.3) is 0 Å². The Kier molecular flexibility index (Phi) is 32.7. The molecule has 1 saturated carbocycles. The second kappa shape index (κ2) is 22.7. The SMILES string of the molecule is CC.CC.CC1CCCC1.CCC. The van der Waals surface area contributed by atoms with Crippen molar-refractivity contribution in [3.8, 4) is 0 Å². The van der Waals surface area contributed by atoms with Crippen molar-refractivity contribution in [2.75, 3.05) is 0 Å². The van der Waals surface area contributed by atoms with E-state index >= 15 is 0 Å². The largest absolute Gasteiger partial charge is 0.0683 e. The summed E-state index contributed by atoms with van der Waals surface area (Å²) in [5, 5.41) is 0. The second-order valence-corrected chi connectivity index (χ2v) is 3.10. The maximum absolute atomic E-state index is 2.34. The highest BCUT2D eigenvalue weighted by Gasteiger charge is 2.07. The van der Waals surface area contributed by atoms with Crippen LogP contribution in [0.1, 0.15) is 80.6 Å². The normalized spacial score (nSPS) is 14.1. The van der Waals surface area contributed by atoms with E-state index in [-0.39, 0.29) is 0 Å². The van der Waals surface area contributed by atoms with Crippen molar-refractivity contribution in [1.29, 1.82) is 0 Å². The third kappa shape index (κ3) is 24.5. The molecule has 0 atom stereocenters. The summed E-state index contributed by atoms with van der Waals surface area (Å²) in [5.41, 5.74) is 0. The van der Waals surface area contributed by atoms with Crippen LogP contribution in [-0.2, 0) is 0 Å². The van der Waals surface area contributed by atoms with E-state index in [1.54, 1.807) is 0 Å².